The molecule has 6 nitrogen and oxygen atoms in total. The maximum absolute atomic E-state index is 11.3. The summed E-state index contributed by atoms with van der Waals surface area (Å²) in [6, 6.07) is 0. The van der Waals surface area contributed by atoms with Crippen LogP contribution in [0.25, 0.3) is 0 Å². The number of hydrogen-bond acceptors (Lipinski definition) is 4. The first-order chi connectivity index (χ1) is 6.95. The molecule has 0 aliphatic carbocycles. The topological polar surface area (TPSA) is 83.9 Å². The molecule has 1 spiro atoms. The van der Waals surface area contributed by atoms with Gasteiger partial charge in [0.05, 0.1) is 5.41 Å². The van der Waals surface area contributed by atoms with Crippen LogP contribution < -0.4 is 0 Å². The number of rotatable bonds is 0. The lowest BCUT2D eigenvalue weighted by Crippen LogP contribution is -2.50. The van der Waals surface area contributed by atoms with Gasteiger partial charge in [0.15, 0.2) is 5.72 Å². The van der Waals surface area contributed by atoms with Crippen molar-refractivity contribution in [3.63, 3.8) is 0 Å². The van der Waals surface area contributed by atoms with Crippen LogP contribution in [0.15, 0.2) is 11.5 Å². The molecule has 1 amide bonds. The molecule has 1 atom stereocenters. The Bertz CT molecular complexity index is 415. The Morgan fingerprint density at radius 1 is 1.53 bits per heavy atom. The molecule has 2 rings (SSSR count). The van der Waals surface area contributed by atoms with Gasteiger partial charge in [0, 0.05) is 13.0 Å². The Balaban J connectivity index is 2.35. The van der Waals surface area contributed by atoms with Crippen molar-refractivity contribution in [3.8, 4) is 0 Å². The van der Waals surface area contributed by atoms with E-state index in [0.717, 1.165) is 10.3 Å². The monoisotopic (exact) mass is 233 g/mol. The molecule has 84 valence electrons. The van der Waals surface area contributed by atoms with Gasteiger partial charge in [-0.25, -0.2) is 8.98 Å². The number of carboxylic acid groups (broad SMARTS) is 1. The van der Waals surface area contributed by atoms with Crippen molar-refractivity contribution in [2.45, 2.75) is 25.0 Å². The number of hydrogen-bond donors (Lipinski definition) is 1. The zero-order valence-electron chi connectivity index (χ0n) is 7.92. The van der Waals surface area contributed by atoms with Crippen LogP contribution >= 0.6 is 0 Å². The summed E-state index contributed by atoms with van der Waals surface area (Å²) >= 11 is 0. The molecule has 0 aromatic carbocycles. The molecule has 1 unspecified atom stereocenters. The zero-order valence-corrected chi connectivity index (χ0v) is 8.74. The van der Waals surface area contributed by atoms with E-state index in [0.29, 0.717) is 25.8 Å². The number of nitrogens with zero attached hydrogens (tertiary/aromatic N) is 1. The minimum Gasteiger partial charge on any atom is -0.465 e. The first-order valence-electron chi connectivity index (χ1n) is 4.58. The highest BCUT2D eigenvalue weighted by Crippen LogP contribution is 2.38. The van der Waals surface area contributed by atoms with Gasteiger partial charge < -0.3 is 5.11 Å². The molecule has 0 radical (unpaired) electrons. The van der Waals surface area contributed by atoms with Crippen molar-refractivity contribution in [1.29, 1.82) is 0 Å². The van der Waals surface area contributed by atoms with Crippen molar-refractivity contribution in [1.82, 2.24) is 4.90 Å². The molecule has 2 aliphatic heterocycles. The summed E-state index contributed by atoms with van der Waals surface area (Å²) in [6.45, 7) is 0.318. The van der Waals surface area contributed by atoms with Gasteiger partial charge in [-0.1, -0.05) is 6.08 Å². The average Bonchev–Trinajstić information content (AvgIpc) is 2.45. The predicted molar refractivity (Wildman–Crippen MR) is 50.5 cm³/mol. The summed E-state index contributed by atoms with van der Waals surface area (Å²) in [5.41, 5.74) is -1.20. The second-order valence-corrected chi connectivity index (χ2v) is 5.06. The number of likely N-dealkylation sites (tertiary alicyclic amines) is 1. The summed E-state index contributed by atoms with van der Waals surface area (Å²) in [4.78, 5) is 12.0. The molecule has 1 N–H and O–H groups in total. The van der Waals surface area contributed by atoms with Gasteiger partial charge in [-0.05, 0) is 12.8 Å². The smallest absolute Gasteiger partial charge is 0.409 e. The van der Waals surface area contributed by atoms with Crippen molar-refractivity contribution < 1.29 is 22.5 Å². The van der Waals surface area contributed by atoms with Gasteiger partial charge in [0.1, 0.15) is 0 Å². The van der Waals surface area contributed by atoms with Crippen LogP contribution in [-0.4, -0.2) is 36.8 Å². The molecule has 0 aromatic heterocycles. The van der Waals surface area contributed by atoms with E-state index in [9.17, 15) is 13.2 Å². The molecule has 0 saturated carbocycles. The van der Waals surface area contributed by atoms with Gasteiger partial charge in [0.25, 0.3) is 10.1 Å². The van der Waals surface area contributed by atoms with E-state index in [1.54, 1.807) is 0 Å². The maximum Gasteiger partial charge on any atom is 0.409 e. The Morgan fingerprint density at radius 2 is 2.27 bits per heavy atom. The lowest BCUT2D eigenvalue weighted by Gasteiger charge is -2.36. The van der Waals surface area contributed by atoms with E-state index in [1.807, 2.05) is 0 Å². The third-order valence-electron chi connectivity index (χ3n) is 2.64. The van der Waals surface area contributed by atoms with Crippen LogP contribution in [0.5, 0.6) is 0 Å². The quantitative estimate of drug-likeness (QED) is 0.623. The molecule has 0 aromatic rings. The predicted octanol–water partition coefficient (Wildman–Crippen LogP) is 0.720. The van der Waals surface area contributed by atoms with Gasteiger partial charge >= 0.3 is 6.09 Å². The highest BCUT2D eigenvalue weighted by molar-refractivity contribution is 7.89. The first kappa shape index (κ1) is 10.4. The lowest BCUT2D eigenvalue weighted by molar-refractivity contribution is -0.0363. The SMILES string of the molecule is O=C(O)N1CCCC12CC=CS(=O)(=O)O2. The molecule has 1 saturated heterocycles. The second-order valence-electron chi connectivity index (χ2n) is 3.64. The molecular weight excluding hydrogens is 222 g/mol. The minimum absolute atomic E-state index is 0.290. The fourth-order valence-corrected chi connectivity index (χ4v) is 3.11. The van der Waals surface area contributed by atoms with Crippen LogP contribution in [0.2, 0.25) is 0 Å². The third-order valence-corrected chi connectivity index (χ3v) is 3.71. The van der Waals surface area contributed by atoms with Crippen LogP contribution in [0.3, 0.4) is 0 Å². The van der Waals surface area contributed by atoms with Crippen LogP contribution in [-0.2, 0) is 14.3 Å². The number of carbonyl (C=O) groups is 1. The molecule has 0 bridgehead atoms. The zero-order chi connectivity index (χ0) is 11.1. The van der Waals surface area contributed by atoms with Gasteiger partial charge in [-0.3, -0.25) is 4.90 Å². The lowest BCUT2D eigenvalue weighted by atomic mass is 10.1. The van der Waals surface area contributed by atoms with E-state index in [2.05, 4.69) is 0 Å². The maximum atomic E-state index is 11.3. The van der Waals surface area contributed by atoms with Crippen LogP contribution in [0.1, 0.15) is 19.3 Å². The molecule has 2 aliphatic rings. The van der Waals surface area contributed by atoms with E-state index in [1.165, 1.54) is 6.08 Å². The summed E-state index contributed by atoms with van der Waals surface area (Å²) < 4.78 is 27.4. The summed E-state index contributed by atoms with van der Waals surface area (Å²) in [5.74, 6) is 0. The Labute approximate surface area is 87.3 Å². The number of amides is 1. The Hall–Kier alpha value is -1.08. The highest BCUT2D eigenvalue weighted by Gasteiger charge is 2.48. The van der Waals surface area contributed by atoms with E-state index in [-0.39, 0.29) is 0 Å². The van der Waals surface area contributed by atoms with Gasteiger partial charge in [-0.15, -0.1) is 0 Å². The van der Waals surface area contributed by atoms with E-state index >= 15 is 0 Å². The molecule has 1 fully saturated rings. The molecular formula is C8H11NO5S. The van der Waals surface area contributed by atoms with Crippen LogP contribution in [0, 0.1) is 0 Å². The summed E-state index contributed by atoms with van der Waals surface area (Å²) in [5, 5.41) is 9.90. The van der Waals surface area contributed by atoms with Gasteiger partial charge in [0.2, 0.25) is 0 Å². The second kappa shape index (κ2) is 3.21. The molecule has 7 heteroatoms. The van der Waals surface area contributed by atoms with Crippen molar-refractivity contribution >= 4 is 16.2 Å². The van der Waals surface area contributed by atoms with Crippen LogP contribution in [0.4, 0.5) is 4.79 Å². The normalized spacial score (nSPS) is 33.5. The van der Waals surface area contributed by atoms with E-state index in [4.69, 9.17) is 9.29 Å². The largest absolute Gasteiger partial charge is 0.465 e. The standard InChI is InChI=1S/C8H11NO5S/c10-7(11)9-5-1-3-8(9)4-2-6-15(12,13)14-8/h2,6H,1,3-5H2,(H,10,11). The fourth-order valence-electron chi connectivity index (χ4n) is 2.05. The van der Waals surface area contributed by atoms with E-state index < -0.39 is 21.9 Å². The molecule has 15 heavy (non-hydrogen) atoms. The van der Waals surface area contributed by atoms with Crippen molar-refractivity contribution in [3.05, 3.63) is 11.5 Å². The minimum atomic E-state index is -3.73. The highest BCUT2D eigenvalue weighted by atomic mass is 32.2. The summed E-state index contributed by atoms with van der Waals surface area (Å²) in [6.07, 6.45) is 1.63. The Kier molecular flexibility index (Phi) is 2.23. The van der Waals surface area contributed by atoms with Crippen molar-refractivity contribution in [2.24, 2.45) is 0 Å². The van der Waals surface area contributed by atoms with Gasteiger partial charge in [-0.2, -0.15) is 8.42 Å². The van der Waals surface area contributed by atoms with Crippen molar-refractivity contribution in [2.75, 3.05) is 6.54 Å². The first-order valence-corrected chi connectivity index (χ1v) is 6.05. The molecule has 2 heterocycles. The summed E-state index contributed by atoms with van der Waals surface area (Å²) in [7, 11) is -3.73. The average molecular weight is 233 g/mol. The fraction of sp³-hybridized carbons (Fsp3) is 0.625. The Morgan fingerprint density at radius 3 is 2.87 bits per heavy atom. The third kappa shape index (κ3) is 1.72.